The number of likely N-dealkylation sites (tertiary alicyclic amines) is 1. The first-order chi connectivity index (χ1) is 15.8. The first-order valence-corrected chi connectivity index (χ1v) is 12.1. The van der Waals surface area contributed by atoms with E-state index in [0.29, 0.717) is 35.7 Å². The third-order valence-corrected chi connectivity index (χ3v) is 7.06. The third-order valence-electron chi connectivity index (χ3n) is 7.06. The first-order valence-electron chi connectivity index (χ1n) is 12.1. The number of piperidine rings is 1. The molecule has 3 heterocycles. The van der Waals surface area contributed by atoms with Gasteiger partial charge in [-0.3, -0.25) is 9.69 Å². The second kappa shape index (κ2) is 10.3. The van der Waals surface area contributed by atoms with E-state index in [1.807, 2.05) is 24.0 Å². The molecule has 7 nitrogen and oxygen atoms in total. The van der Waals surface area contributed by atoms with E-state index in [-0.39, 0.29) is 23.7 Å². The van der Waals surface area contributed by atoms with Gasteiger partial charge in [0.1, 0.15) is 11.3 Å². The van der Waals surface area contributed by atoms with Crippen LogP contribution in [-0.2, 0) is 16.0 Å². The van der Waals surface area contributed by atoms with Gasteiger partial charge in [-0.2, -0.15) is 0 Å². The number of morpholine rings is 1. The van der Waals surface area contributed by atoms with Gasteiger partial charge in [0.05, 0.1) is 19.3 Å². The maximum absolute atomic E-state index is 12.9. The average molecular weight is 457 g/mol. The van der Waals surface area contributed by atoms with Crippen molar-refractivity contribution in [3.63, 3.8) is 0 Å². The summed E-state index contributed by atoms with van der Waals surface area (Å²) in [6.45, 7) is 10.9. The number of fused-ring (bicyclic) bond motifs is 1. The summed E-state index contributed by atoms with van der Waals surface area (Å²) < 4.78 is 16.6. The van der Waals surface area contributed by atoms with Crippen LogP contribution in [0.15, 0.2) is 27.4 Å². The molecule has 7 heteroatoms. The van der Waals surface area contributed by atoms with E-state index in [1.165, 1.54) is 0 Å². The lowest BCUT2D eigenvalue weighted by Crippen LogP contribution is -2.48. The fraction of sp³-hybridized carbons (Fsp3) is 0.615. The Morgan fingerprint density at radius 3 is 2.52 bits per heavy atom. The van der Waals surface area contributed by atoms with Crippen LogP contribution in [0.2, 0.25) is 0 Å². The molecule has 0 aliphatic carbocycles. The number of benzene rings is 1. The smallest absolute Gasteiger partial charge is 0.339 e. The van der Waals surface area contributed by atoms with Gasteiger partial charge in [-0.25, -0.2) is 4.79 Å². The van der Waals surface area contributed by atoms with Crippen molar-refractivity contribution in [3.8, 4) is 5.75 Å². The van der Waals surface area contributed by atoms with Gasteiger partial charge in [0.15, 0.2) is 0 Å². The Bertz CT molecular complexity index is 1030. The Labute approximate surface area is 195 Å². The predicted molar refractivity (Wildman–Crippen MR) is 128 cm³/mol. The van der Waals surface area contributed by atoms with Gasteiger partial charge in [0.25, 0.3) is 0 Å². The highest BCUT2D eigenvalue weighted by atomic mass is 16.5. The minimum absolute atomic E-state index is 0.121. The molecule has 1 aromatic heterocycles. The molecule has 2 aliphatic heterocycles. The van der Waals surface area contributed by atoms with Crippen LogP contribution in [0, 0.1) is 12.8 Å². The number of amides is 1. The number of rotatable bonds is 6. The summed E-state index contributed by atoms with van der Waals surface area (Å²) in [5, 5.41) is 0.880. The summed E-state index contributed by atoms with van der Waals surface area (Å²) in [5.41, 5.74) is 1.61. The van der Waals surface area contributed by atoms with Gasteiger partial charge in [-0.1, -0.05) is 0 Å². The summed E-state index contributed by atoms with van der Waals surface area (Å²) >= 11 is 0. The molecule has 33 heavy (non-hydrogen) atoms. The van der Waals surface area contributed by atoms with Crippen LogP contribution < -0.4 is 10.4 Å². The van der Waals surface area contributed by atoms with Crippen molar-refractivity contribution in [1.82, 2.24) is 9.80 Å². The maximum Gasteiger partial charge on any atom is 0.339 e. The van der Waals surface area contributed by atoms with Crippen molar-refractivity contribution in [1.29, 1.82) is 0 Å². The molecule has 1 aromatic carbocycles. The van der Waals surface area contributed by atoms with Gasteiger partial charge in [0, 0.05) is 56.2 Å². The van der Waals surface area contributed by atoms with Crippen molar-refractivity contribution >= 4 is 16.9 Å². The molecular weight excluding hydrogens is 420 g/mol. The number of aryl methyl sites for hydroxylation is 1. The van der Waals surface area contributed by atoms with E-state index in [0.717, 1.165) is 56.5 Å². The second-order valence-corrected chi connectivity index (χ2v) is 9.66. The number of nitrogens with zero attached hydrogens (tertiary/aromatic N) is 2. The van der Waals surface area contributed by atoms with Gasteiger partial charge < -0.3 is 18.8 Å². The van der Waals surface area contributed by atoms with E-state index in [2.05, 4.69) is 18.7 Å². The Balaban J connectivity index is 1.31. The van der Waals surface area contributed by atoms with Crippen LogP contribution in [0.3, 0.4) is 0 Å². The Hall–Kier alpha value is -2.38. The van der Waals surface area contributed by atoms with E-state index >= 15 is 0 Å². The molecule has 1 amide bonds. The number of methoxy groups -OCH3 is 1. The SMILES string of the molecule is COc1ccc2c(C)c(CCC(=O)N3CCC(CN4CC(C)OC(C)C4)CC3)c(=O)oc2c1. The van der Waals surface area contributed by atoms with Gasteiger partial charge in [0.2, 0.25) is 5.91 Å². The van der Waals surface area contributed by atoms with E-state index in [4.69, 9.17) is 13.9 Å². The molecule has 0 saturated carbocycles. The third kappa shape index (κ3) is 5.58. The number of ether oxygens (including phenoxy) is 2. The summed E-state index contributed by atoms with van der Waals surface area (Å²) in [7, 11) is 1.58. The molecule has 0 spiro atoms. The van der Waals surface area contributed by atoms with Crippen LogP contribution in [0.25, 0.3) is 11.0 Å². The zero-order valence-electron chi connectivity index (χ0n) is 20.3. The molecule has 0 radical (unpaired) electrons. The van der Waals surface area contributed by atoms with Crippen molar-refractivity contribution in [2.45, 2.75) is 58.7 Å². The highest BCUT2D eigenvalue weighted by Crippen LogP contribution is 2.25. The van der Waals surface area contributed by atoms with Crippen LogP contribution >= 0.6 is 0 Å². The summed E-state index contributed by atoms with van der Waals surface area (Å²) in [5.74, 6) is 1.39. The van der Waals surface area contributed by atoms with Gasteiger partial charge in [-0.05, 0) is 63.6 Å². The molecule has 2 aliphatic rings. The lowest BCUT2D eigenvalue weighted by atomic mass is 9.95. The molecule has 0 N–H and O–H groups in total. The highest BCUT2D eigenvalue weighted by Gasteiger charge is 2.28. The molecule has 0 bridgehead atoms. The van der Waals surface area contributed by atoms with Gasteiger partial charge >= 0.3 is 5.63 Å². The minimum Gasteiger partial charge on any atom is -0.497 e. The Morgan fingerprint density at radius 2 is 1.85 bits per heavy atom. The zero-order valence-corrected chi connectivity index (χ0v) is 20.3. The lowest BCUT2D eigenvalue weighted by Gasteiger charge is -2.39. The zero-order chi connectivity index (χ0) is 23.5. The molecule has 180 valence electrons. The largest absolute Gasteiger partial charge is 0.497 e. The van der Waals surface area contributed by atoms with Crippen molar-refractivity contribution in [2.24, 2.45) is 5.92 Å². The van der Waals surface area contributed by atoms with Crippen molar-refractivity contribution in [2.75, 3.05) is 39.8 Å². The van der Waals surface area contributed by atoms with Crippen molar-refractivity contribution in [3.05, 3.63) is 39.7 Å². The maximum atomic E-state index is 12.9. The highest BCUT2D eigenvalue weighted by molar-refractivity contribution is 5.82. The number of hydrogen-bond donors (Lipinski definition) is 0. The lowest BCUT2D eigenvalue weighted by molar-refractivity contribution is -0.132. The summed E-state index contributed by atoms with van der Waals surface area (Å²) in [6, 6.07) is 5.48. The monoisotopic (exact) mass is 456 g/mol. The Kier molecular flexibility index (Phi) is 7.39. The molecule has 2 saturated heterocycles. The van der Waals surface area contributed by atoms with Crippen LogP contribution in [-0.4, -0.2) is 67.7 Å². The summed E-state index contributed by atoms with van der Waals surface area (Å²) in [6.07, 6.45) is 3.37. The predicted octanol–water partition coefficient (Wildman–Crippen LogP) is 3.39. The van der Waals surface area contributed by atoms with Crippen LogP contribution in [0.1, 0.15) is 44.2 Å². The standard InChI is InChI=1S/C26H36N2O5/c1-17-14-27(15-18(2)32-17)16-20-9-11-28(12-10-20)25(29)8-7-23-19(3)22-6-5-21(31-4)13-24(22)33-26(23)30/h5-6,13,17-18,20H,7-12,14-16H2,1-4H3. The van der Waals surface area contributed by atoms with Crippen LogP contribution in [0.5, 0.6) is 5.75 Å². The van der Waals surface area contributed by atoms with E-state index < -0.39 is 0 Å². The van der Waals surface area contributed by atoms with E-state index in [1.54, 1.807) is 13.2 Å². The fourth-order valence-electron chi connectivity index (χ4n) is 5.34. The molecule has 2 aromatic rings. The second-order valence-electron chi connectivity index (χ2n) is 9.66. The molecule has 2 fully saturated rings. The number of hydrogen-bond acceptors (Lipinski definition) is 6. The first kappa shape index (κ1) is 23.8. The molecular formula is C26H36N2O5. The average Bonchev–Trinajstić information content (AvgIpc) is 2.78. The van der Waals surface area contributed by atoms with Gasteiger partial charge in [-0.15, -0.1) is 0 Å². The molecule has 4 rings (SSSR count). The van der Waals surface area contributed by atoms with E-state index in [9.17, 15) is 9.59 Å². The summed E-state index contributed by atoms with van der Waals surface area (Å²) in [4.78, 5) is 29.9. The topological polar surface area (TPSA) is 72.2 Å². The van der Waals surface area contributed by atoms with Crippen molar-refractivity contribution < 1.29 is 18.7 Å². The minimum atomic E-state index is -0.367. The quantitative estimate of drug-likeness (QED) is 0.621. The molecule has 2 atom stereocenters. The number of carbonyl (C=O) groups excluding carboxylic acids is 1. The fourth-order valence-corrected chi connectivity index (χ4v) is 5.34. The number of carbonyl (C=O) groups is 1. The van der Waals surface area contributed by atoms with Crippen LogP contribution in [0.4, 0.5) is 0 Å². The Morgan fingerprint density at radius 1 is 1.15 bits per heavy atom. The molecule has 2 unspecified atom stereocenters. The normalized spacial score (nSPS) is 22.6.